The number of carbonyl (C=O) groups excluding carboxylic acids is 2. The van der Waals surface area contributed by atoms with Gasteiger partial charge in [-0.1, -0.05) is 29.8 Å². The van der Waals surface area contributed by atoms with Crippen molar-refractivity contribution in [1.29, 1.82) is 5.26 Å². The van der Waals surface area contributed by atoms with Crippen LogP contribution in [0.25, 0.3) is 11.1 Å². The molecule has 2 aromatic carbocycles. The Hall–Kier alpha value is -3.36. The summed E-state index contributed by atoms with van der Waals surface area (Å²) in [6.45, 7) is 1.99. The van der Waals surface area contributed by atoms with Crippen molar-refractivity contribution in [3.63, 3.8) is 0 Å². The molecule has 0 aliphatic carbocycles. The first-order valence-corrected chi connectivity index (χ1v) is 9.28. The van der Waals surface area contributed by atoms with Crippen LogP contribution in [-0.2, 0) is 0 Å². The molecule has 1 aliphatic heterocycles. The molecule has 4 nitrogen and oxygen atoms in total. The first-order chi connectivity index (χ1) is 13.1. The van der Waals surface area contributed by atoms with Crippen molar-refractivity contribution < 1.29 is 9.59 Å². The molecule has 1 aliphatic rings. The molecule has 1 aromatic heterocycles. The van der Waals surface area contributed by atoms with Gasteiger partial charge >= 0.3 is 0 Å². The van der Waals surface area contributed by atoms with E-state index in [0.29, 0.717) is 27.3 Å². The number of rotatable bonds is 3. The lowest BCUT2D eigenvalue weighted by atomic mass is 9.93. The molecular weight excluding hydrogens is 356 g/mol. The summed E-state index contributed by atoms with van der Waals surface area (Å²) in [5.74, 6) is -0.302. The molecule has 0 fully saturated rings. The molecule has 5 heteroatoms. The molecule has 0 N–H and O–H groups in total. The summed E-state index contributed by atoms with van der Waals surface area (Å²) < 4.78 is 0. The Morgan fingerprint density at radius 1 is 1.11 bits per heavy atom. The van der Waals surface area contributed by atoms with Crippen molar-refractivity contribution in [2.45, 2.75) is 6.92 Å². The smallest absolute Gasteiger partial charge is 0.212 e. The average Bonchev–Trinajstić information content (AvgIpc) is 3.14. The maximum atomic E-state index is 12.9. The summed E-state index contributed by atoms with van der Waals surface area (Å²) in [5, 5.41) is 10.8. The lowest BCUT2D eigenvalue weighted by Crippen LogP contribution is -2.24. The van der Waals surface area contributed by atoms with Gasteiger partial charge in [0.05, 0.1) is 16.5 Å². The summed E-state index contributed by atoms with van der Waals surface area (Å²) in [6.07, 6.45) is 0. The molecule has 0 amide bonds. The van der Waals surface area contributed by atoms with Gasteiger partial charge in [-0.05, 0) is 36.8 Å². The van der Waals surface area contributed by atoms with Crippen LogP contribution in [0.15, 0.2) is 58.9 Å². The van der Waals surface area contributed by atoms with Crippen LogP contribution >= 0.6 is 11.3 Å². The molecule has 0 bridgehead atoms. The Bertz CT molecular complexity index is 1130. The van der Waals surface area contributed by atoms with E-state index >= 15 is 0 Å². The third kappa shape index (κ3) is 3.01. The van der Waals surface area contributed by atoms with Crippen LogP contribution in [-0.4, -0.2) is 23.8 Å². The molecule has 0 saturated carbocycles. The van der Waals surface area contributed by atoms with E-state index < -0.39 is 0 Å². The van der Waals surface area contributed by atoms with Gasteiger partial charge < -0.3 is 0 Å². The molecule has 0 radical (unpaired) electrons. The highest BCUT2D eigenvalue weighted by Crippen LogP contribution is 2.35. The second-order valence-corrected chi connectivity index (χ2v) is 7.21. The Kier molecular flexibility index (Phi) is 4.27. The highest BCUT2D eigenvalue weighted by atomic mass is 32.1. The number of fused-ring (bicyclic) bond motifs is 1. The summed E-state index contributed by atoms with van der Waals surface area (Å²) in [5.41, 5.74) is 4.80. The molecule has 0 unspecified atom stereocenters. The third-order valence-electron chi connectivity index (χ3n) is 4.52. The van der Waals surface area contributed by atoms with E-state index in [9.17, 15) is 9.59 Å². The highest BCUT2D eigenvalue weighted by Gasteiger charge is 2.30. The van der Waals surface area contributed by atoms with E-state index in [1.54, 1.807) is 24.3 Å². The van der Waals surface area contributed by atoms with E-state index in [1.807, 2.05) is 42.6 Å². The minimum atomic E-state index is -0.231. The van der Waals surface area contributed by atoms with Crippen LogP contribution in [0.4, 0.5) is 0 Å². The van der Waals surface area contributed by atoms with E-state index in [4.69, 9.17) is 5.26 Å². The third-order valence-corrected chi connectivity index (χ3v) is 5.51. The molecule has 0 saturated heterocycles. The molecule has 27 heavy (non-hydrogen) atoms. The fourth-order valence-corrected chi connectivity index (χ4v) is 4.16. The predicted octanol–water partition coefficient (Wildman–Crippen LogP) is 4.46. The van der Waals surface area contributed by atoms with E-state index in [-0.39, 0.29) is 18.1 Å². The van der Waals surface area contributed by atoms with Crippen LogP contribution in [0.5, 0.6) is 0 Å². The monoisotopic (exact) mass is 370 g/mol. The lowest BCUT2D eigenvalue weighted by molar-refractivity contribution is 0.100. The maximum Gasteiger partial charge on any atom is 0.212 e. The Morgan fingerprint density at radius 3 is 2.48 bits per heavy atom. The molecule has 3 aromatic rings. The highest BCUT2D eigenvalue weighted by molar-refractivity contribution is 7.14. The molecule has 4 rings (SSSR count). The topological polar surface area (TPSA) is 70.3 Å². The molecule has 0 atom stereocenters. The minimum Gasteiger partial charge on any atom is -0.292 e. The number of carbonyl (C=O) groups is 2. The standard InChI is InChI=1S/C22H14N2O2S/c1-13-2-6-15(7-3-13)17-12-27-22-19(17)18(25)11-24-20(22)21(26)16-8-4-14(10-23)5-9-16/h2-9,12H,11H2,1H3. The van der Waals surface area contributed by atoms with Crippen molar-refractivity contribution in [3.05, 3.63) is 81.0 Å². The molecule has 0 spiro atoms. The van der Waals surface area contributed by atoms with Gasteiger partial charge in [0, 0.05) is 22.1 Å². The van der Waals surface area contributed by atoms with Crippen LogP contribution in [0.2, 0.25) is 0 Å². The number of benzene rings is 2. The lowest BCUT2D eigenvalue weighted by Gasteiger charge is -2.13. The predicted molar refractivity (Wildman–Crippen MR) is 106 cm³/mol. The van der Waals surface area contributed by atoms with E-state index in [2.05, 4.69) is 4.99 Å². The van der Waals surface area contributed by atoms with Crippen LogP contribution < -0.4 is 0 Å². The molecular formula is C22H14N2O2S. The average molecular weight is 370 g/mol. The maximum absolute atomic E-state index is 12.9. The summed E-state index contributed by atoms with van der Waals surface area (Å²) >= 11 is 1.37. The molecule has 130 valence electrons. The fourth-order valence-electron chi connectivity index (χ4n) is 3.06. The summed E-state index contributed by atoms with van der Waals surface area (Å²) in [6, 6.07) is 16.5. The van der Waals surface area contributed by atoms with Crippen molar-refractivity contribution in [2.75, 3.05) is 6.54 Å². The van der Waals surface area contributed by atoms with Gasteiger partial charge in [-0.25, -0.2) is 0 Å². The first-order valence-electron chi connectivity index (χ1n) is 8.40. The van der Waals surface area contributed by atoms with Crippen LogP contribution in [0.1, 0.15) is 36.7 Å². The minimum absolute atomic E-state index is 0.0278. The Morgan fingerprint density at radius 2 is 1.81 bits per heavy atom. The van der Waals surface area contributed by atoms with Gasteiger partial charge in [0.15, 0.2) is 5.78 Å². The number of hydrogen-bond acceptors (Lipinski definition) is 5. The van der Waals surface area contributed by atoms with Gasteiger partial charge in [0.2, 0.25) is 5.78 Å². The van der Waals surface area contributed by atoms with Crippen LogP contribution in [0.3, 0.4) is 0 Å². The largest absolute Gasteiger partial charge is 0.292 e. The quantitative estimate of drug-likeness (QED) is 0.639. The summed E-state index contributed by atoms with van der Waals surface area (Å²) in [7, 11) is 0. The number of aryl methyl sites for hydroxylation is 1. The second kappa shape index (κ2) is 6.75. The number of aliphatic imine (C=N–C) groups is 1. The zero-order valence-electron chi connectivity index (χ0n) is 14.5. The van der Waals surface area contributed by atoms with Crippen molar-refractivity contribution in [1.82, 2.24) is 0 Å². The van der Waals surface area contributed by atoms with Crippen LogP contribution in [0, 0.1) is 18.3 Å². The van der Waals surface area contributed by atoms with Crippen molar-refractivity contribution in [2.24, 2.45) is 4.99 Å². The van der Waals surface area contributed by atoms with Gasteiger partial charge in [0.1, 0.15) is 12.3 Å². The fraction of sp³-hybridized carbons (Fsp3) is 0.0909. The Balaban J connectivity index is 1.76. The van der Waals surface area contributed by atoms with Gasteiger partial charge in [0.25, 0.3) is 0 Å². The number of ketones is 2. The Labute approximate surface area is 160 Å². The number of nitrogens with zero attached hydrogens (tertiary/aromatic N) is 2. The number of nitriles is 1. The zero-order chi connectivity index (χ0) is 19.0. The number of thiophene rings is 1. The number of Topliss-reactive ketones (excluding diaryl/α,β-unsaturated/α-hetero) is 2. The van der Waals surface area contributed by atoms with Gasteiger partial charge in [-0.2, -0.15) is 5.26 Å². The first kappa shape index (κ1) is 17.1. The van der Waals surface area contributed by atoms with Gasteiger partial charge in [-0.15, -0.1) is 11.3 Å². The summed E-state index contributed by atoms with van der Waals surface area (Å²) in [4.78, 5) is 30.4. The van der Waals surface area contributed by atoms with E-state index in [1.165, 1.54) is 11.3 Å². The number of hydrogen-bond donors (Lipinski definition) is 0. The van der Waals surface area contributed by atoms with E-state index in [0.717, 1.165) is 16.7 Å². The second-order valence-electron chi connectivity index (χ2n) is 6.33. The van der Waals surface area contributed by atoms with Gasteiger partial charge in [-0.3, -0.25) is 14.6 Å². The van der Waals surface area contributed by atoms with Crippen molar-refractivity contribution >= 4 is 28.6 Å². The van der Waals surface area contributed by atoms with Crippen molar-refractivity contribution in [3.8, 4) is 17.2 Å². The zero-order valence-corrected chi connectivity index (χ0v) is 15.3. The molecule has 2 heterocycles. The SMILES string of the molecule is Cc1ccc(-c2csc3c2C(=O)CN=C3C(=O)c2ccc(C#N)cc2)cc1. The normalized spacial score (nSPS) is 12.9.